The van der Waals surface area contributed by atoms with Crippen LogP contribution < -0.4 is 0 Å². The van der Waals surface area contributed by atoms with Crippen molar-refractivity contribution in [2.24, 2.45) is 0 Å². The number of thiazole rings is 2. The fraction of sp³-hybridized carbons (Fsp3) is 0.200. The second-order valence-corrected chi connectivity index (χ2v) is 8.53. The first-order valence-corrected chi connectivity index (χ1v) is 9.99. The van der Waals surface area contributed by atoms with Crippen molar-refractivity contribution in [3.05, 3.63) is 59.7 Å². The predicted octanol–water partition coefficient (Wildman–Crippen LogP) is 7.31. The van der Waals surface area contributed by atoms with Gasteiger partial charge in [-0.05, 0) is 0 Å². The van der Waals surface area contributed by atoms with Crippen LogP contribution in [0.25, 0.3) is 30.8 Å². The highest BCUT2D eigenvalue weighted by Gasteiger charge is 2.25. The zero-order chi connectivity index (χ0) is 20.1. The van der Waals surface area contributed by atoms with E-state index in [9.17, 15) is 17.6 Å². The molecule has 2 aromatic carbocycles. The quantitative estimate of drug-likeness (QED) is 0.322. The molecule has 0 saturated carbocycles. The van der Waals surface area contributed by atoms with Gasteiger partial charge >= 0.3 is 0 Å². The van der Waals surface area contributed by atoms with E-state index in [1.807, 2.05) is 0 Å². The Morgan fingerprint density at radius 3 is 1.21 bits per heavy atom. The maximum absolute atomic E-state index is 13.3. The van der Waals surface area contributed by atoms with Gasteiger partial charge in [0.2, 0.25) is 0 Å². The predicted molar refractivity (Wildman–Crippen MR) is 105 cm³/mol. The van der Waals surface area contributed by atoms with Crippen LogP contribution in [0.5, 0.6) is 0 Å². The van der Waals surface area contributed by atoms with Crippen LogP contribution in [0.1, 0.15) is 25.0 Å². The number of hydrogen-bond acceptors (Lipinski definition) is 4. The van der Waals surface area contributed by atoms with Gasteiger partial charge in [0, 0.05) is 36.1 Å². The number of alkyl halides is 4. The molecule has 8 heteroatoms. The summed E-state index contributed by atoms with van der Waals surface area (Å²) in [5, 5.41) is 1.40. The van der Waals surface area contributed by atoms with Crippen molar-refractivity contribution in [3.8, 4) is 21.1 Å². The molecule has 0 spiro atoms. The van der Waals surface area contributed by atoms with Crippen LogP contribution >= 0.6 is 22.7 Å². The van der Waals surface area contributed by atoms with Gasteiger partial charge in [0.05, 0.1) is 0 Å². The molecule has 0 aliphatic heterocycles. The molecule has 2 heterocycles. The third-order valence-corrected chi connectivity index (χ3v) is 6.38. The van der Waals surface area contributed by atoms with Gasteiger partial charge in [-0.3, -0.25) is 0 Å². The Labute approximate surface area is 166 Å². The van der Waals surface area contributed by atoms with Crippen LogP contribution in [0.2, 0.25) is 0 Å². The Morgan fingerprint density at radius 2 is 0.929 bits per heavy atom. The van der Waals surface area contributed by atoms with Gasteiger partial charge in [-0.1, -0.05) is 71.2 Å². The normalized spacial score (nSPS) is 12.6. The average Bonchev–Trinajstić information content (AvgIpc) is 3.19. The van der Waals surface area contributed by atoms with E-state index in [1.165, 1.54) is 46.9 Å². The molecule has 0 aliphatic carbocycles. The number of aromatic nitrogens is 2. The number of hydrogen-bond donors (Lipinski definition) is 0. The average molecular weight is 422 g/mol. The molecule has 144 valence electrons. The van der Waals surface area contributed by atoms with E-state index in [0.717, 1.165) is 34.6 Å². The monoisotopic (exact) mass is 422 g/mol. The van der Waals surface area contributed by atoms with Crippen molar-refractivity contribution < 1.29 is 17.6 Å². The minimum absolute atomic E-state index is 0.0452. The summed E-state index contributed by atoms with van der Waals surface area (Å²) in [5.74, 6) is -5.76. The summed E-state index contributed by atoms with van der Waals surface area (Å²) < 4.78 is 53.4. The summed E-state index contributed by atoms with van der Waals surface area (Å²) in [6.45, 7) is 1.72. The molecule has 2 nitrogen and oxygen atoms in total. The number of rotatable bonds is 4. The molecular formula is C20H14F4N2S2. The van der Waals surface area contributed by atoms with E-state index >= 15 is 0 Å². The minimum atomic E-state index is -2.88. The van der Waals surface area contributed by atoms with Crippen LogP contribution in [0.4, 0.5) is 17.6 Å². The zero-order valence-corrected chi connectivity index (χ0v) is 16.5. The summed E-state index contributed by atoms with van der Waals surface area (Å²) in [7, 11) is 0. The Balaban J connectivity index is 1.61. The van der Waals surface area contributed by atoms with Crippen molar-refractivity contribution in [2.45, 2.75) is 25.7 Å². The number of halogens is 4. The van der Waals surface area contributed by atoms with Gasteiger partial charge in [-0.2, -0.15) is 0 Å². The molecule has 4 rings (SSSR count). The molecule has 0 atom stereocenters. The first-order chi connectivity index (χ1) is 13.1. The molecule has 0 saturated heterocycles. The Bertz CT molecular complexity index is 1000. The lowest BCUT2D eigenvalue weighted by atomic mass is 10.1. The lowest BCUT2D eigenvalue weighted by molar-refractivity contribution is 0.0168. The van der Waals surface area contributed by atoms with E-state index in [1.54, 1.807) is 24.3 Å². The summed E-state index contributed by atoms with van der Waals surface area (Å²) in [5.41, 5.74) is 1.41. The zero-order valence-electron chi connectivity index (χ0n) is 14.8. The second kappa shape index (κ2) is 6.63. The minimum Gasteiger partial charge on any atom is -0.223 e. The smallest absolute Gasteiger partial charge is 0.223 e. The highest BCUT2D eigenvalue weighted by atomic mass is 32.1. The van der Waals surface area contributed by atoms with E-state index in [0.29, 0.717) is 10.0 Å². The van der Waals surface area contributed by atoms with Gasteiger partial charge < -0.3 is 0 Å². The third-order valence-electron chi connectivity index (χ3n) is 4.25. The van der Waals surface area contributed by atoms with Crippen molar-refractivity contribution in [3.63, 3.8) is 0 Å². The third kappa shape index (κ3) is 3.66. The maximum Gasteiger partial charge on any atom is 0.270 e. The number of fused-ring (bicyclic) bond motifs is 1. The van der Waals surface area contributed by atoms with Gasteiger partial charge in [0.15, 0.2) is 9.66 Å². The van der Waals surface area contributed by atoms with Gasteiger partial charge in [-0.25, -0.2) is 27.5 Å². The molecule has 28 heavy (non-hydrogen) atoms. The standard InChI is InChI=1S/C20H14F4N2S2/c1-19(21,22)13-7-3-11(4-8-13)15-25-17-18(27-15)26-16(28-17)12-5-9-14(10-6-12)20(2,23)24/h3-10H,1-2H3. The van der Waals surface area contributed by atoms with Gasteiger partial charge in [-0.15, -0.1) is 0 Å². The molecule has 0 fully saturated rings. The first-order valence-electron chi connectivity index (χ1n) is 8.36. The molecule has 0 bridgehead atoms. The van der Waals surface area contributed by atoms with Crippen LogP contribution in [0, 0.1) is 0 Å². The SMILES string of the molecule is CC(F)(F)c1ccc(-c2nc3sc(-c4ccc(C(C)(F)F)cc4)nc3s2)cc1. The maximum atomic E-state index is 13.3. The topological polar surface area (TPSA) is 25.8 Å². The van der Waals surface area contributed by atoms with Crippen LogP contribution in [0.15, 0.2) is 48.5 Å². The molecule has 0 unspecified atom stereocenters. The summed E-state index contributed by atoms with van der Waals surface area (Å²) in [4.78, 5) is 10.5. The summed E-state index contributed by atoms with van der Waals surface area (Å²) in [6.07, 6.45) is 0. The molecular weight excluding hydrogens is 408 g/mol. The lowest BCUT2D eigenvalue weighted by Gasteiger charge is -2.10. The van der Waals surface area contributed by atoms with E-state index in [4.69, 9.17) is 0 Å². The van der Waals surface area contributed by atoms with E-state index in [2.05, 4.69) is 9.97 Å². The Morgan fingerprint density at radius 1 is 0.607 bits per heavy atom. The highest BCUT2D eigenvalue weighted by molar-refractivity contribution is 7.29. The second-order valence-electron chi connectivity index (χ2n) is 6.58. The molecule has 4 aromatic rings. The molecule has 0 radical (unpaired) electrons. The van der Waals surface area contributed by atoms with Crippen molar-refractivity contribution in [2.75, 3.05) is 0 Å². The Kier molecular flexibility index (Phi) is 4.50. The van der Waals surface area contributed by atoms with Crippen LogP contribution in [-0.4, -0.2) is 9.97 Å². The van der Waals surface area contributed by atoms with Crippen molar-refractivity contribution in [1.82, 2.24) is 9.97 Å². The van der Waals surface area contributed by atoms with Gasteiger partial charge in [0.1, 0.15) is 10.0 Å². The van der Waals surface area contributed by atoms with E-state index < -0.39 is 11.8 Å². The van der Waals surface area contributed by atoms with Gasteiger partial charge in [0.25, 0.3) is 11.8 Å². The fourth-order valence-electron chi connectivity index (χ4n) is 2.70. The molecule has 0 amide bonds. The molecule has 0 N–H and O–H groups in total. The summed E-state index contributed by atoms with van der Waals surface area (Å²) in [6, 6.07) is 12.1. The number of nitrogens with zero attached hydrogens (tertiary/aromatic N) is 2. The molecule has 0 aliphatic rings. The summed E-state index contributed by atoms with van der Waals surface area (Å²) >= 11 is 2.73. The molecule has 2 aromatic heterocycles. The fourth-order valence-corrected chi connectivity index (χ4v) is 4.75. The van der Waals surface area contributed by atoms with Crippen molar-refractivity contribution in [1.29, 1.82) is 0 Å². The van der Waals surface area contributed by atoms with Crippen molar-refractivity contribution >= 4 is 32.3 Å². The van der Waals surface area contributed by atoms with E-state index in [-0.39, 0.29) is 11.1 Å². The first kappa shape index (κ1) is 19.0. The Hall–Kier alpha value is -2.32. The lowest BCUT2D eigenvalue weighted by Crippen LogP contribution is -2.06. The number of benzene rings is 2. The highest BCUT2D eigenvalue weighted by Crippen LogP contribution is 2.38. The largest absolute Gasteiger partial charge is 0.270 e. The van der Waals surface area contributed by atoms with Crippen LogP contribution in [0.3, 0.4) is 0 Å². The van der Waals surface area contributed by atoms with Crippen LogP contribution in [-0.2, 0) is 11.8 Å².